The summed E-state index contributed by atoms with van der Waals surface area (Å²) in [5.74, 6) is -0.709. The summed E-state index contributed by atoms with van der Waals surface area (Å²) < 4.78 is 37.6. The molecule has 1 atom stereocenters. The summed E-state index contributed by atoms with van der Waals surface area (Å²) in [6.07, 6.45) is -4.38. The Hall–Kier alpha value is -1.37. The van der Waals surface area contributed by atoms with Crippen molar-refractivity contribution in [2.24, 2.45) is 0 Å². The number of anilines is 1. The van der Waals surface area contributed by atoms with E-state index < -0.39 is 23.0 Å². The average Bonchev–Trinajstić information content (AvgIpc) is 2.48. The Kier molecular flexibility index (Phi) is 3.43. The van der Waals surface area contributed by atoms with E-state index >= 15 is 0 Å². The molecule has 2 N–H and O–H groups in total. The Labute approximate surface area is 105 Å². The molecule has 0 radical (unpaired) electrons. The number of carbonyl (C=O) groups is 1. The number of alkyl halides is 3. The largest absolute Gasteiger partial charge is 0.480 e. The van der Waals surface area contributed by atoms with Crippen LogP contribution in [0.5, 0.6) is 0 Å². The van der Waals surface area contributed by atoms with E-state index in [1.54, 1.807) is 0 Å². The van der Waals surface area contributed by atoms with Crippen molar-refractivity contribution in [3.05, 3.63) is 29.3 Å². The van der Waals surface area contributed by atoms with Crippen LogP contribution in [0.2, 0.25) is 0 Å². The maximum Gasteiger partial charge on any atom is 0.416 e. The highest BCUT2D eigenvalue weighted by atomic mass is 32.2. The fourth-order valence-electron chi connectivity index (χ4n) is 1.67. The van der Waals surface area contributed by atoms with E-state index in [1.165, 1.54) is 6.07 Å². The molecular weight excluding hydrogens is 267 g/mol. The standard InChI is InChI=1S/C11H10F3NO2S/c12-11(13,14)7-1-2-8-6(3-7)5-18-9(4-15-8)10(16)17/h1-3,9,15H,4-5H2,(H,16,17). The SMILES string of the molecule is O=C(O)C1CNc2ccc(C(F)(F)F)cc2CS1. The summed E-state index contributed by atoms with van der Waals surface area (Å²) in [5.41, 5.74) is 0.343. The second-order valence-corrected chi connectivity index (χ2v) is 5.08. The molecule has 0 saturated carbocycles. The van der Waals surface area contributed by atoms with Crippen LogP contribution in [0.4, 0.5) is 18.9 Å². The van der Waals surface area contributed by atoms with E-state index in [-0.39, 0.29) is 12.3 Å². The monoisotopic (exact) mass is 277 g/mol. The second-order valence-electron chi connectivity index (χ2n) is 3.89. The molecule has 1 aromatic carbocycles. The quantitative estimate of drug-likeness (QED) is 0.828. The van der Waals surface area contributed by atoms with Gasteiger partial charge in [0.25, 0.3) is 0 Å². The van der Waals surface area contributed by atoms with Gasteiger partial charge in [0.15, 0.2) is 0 Å². The van der Waals surface area contributed by atoms with Gasteiger partial charge in [0.05, 0.1) is 5.56 Å². The smallest absolute Gasteiger partial charge is 0.416 e. The van der Waals surface area contributed by atoms with Crippen molar-refractivity contribution >= 4 is 23.4 Å². The summed E-state index contributed by atoms with van der Waals surface area (Å²) in [6.45, 7) is 0.207. The van der Waals surface area contributed by atoms with Gasteiger partial charge in [-0.1, -0.05) is 0 Å². The number of nitrogens with one attached hydrogen (secondary N) is 1. The molecule has 98 valence electrons. The van der Waals surface area contributed by atoms with Gasteiger partial charge in [-0.15, -0.1) is 11.8 Å². The Bertz CT molecular complexity index is 476. The Balaban J connectivity index is 2.26. The van der Waals surface area contributed by atoms with Crippen LogP contribution in [0.25, 0.3) is 0 Å². The van der Waals surface area contributed by atoms with Crippen LogP contribution < -0.4 is 5.32 Å². The second kappa shape index (κ2) is 4.72. The van der Waals surface area contributed by atoms with E-state index in [4.69, 9.17) is 5.11 Å². The normalized spacial score (nSPS) is 19.6. The number of rotatable bonds is 1. The first kappa shape index (κ1) is 13.1. The van der Waals surface area contributed by atoms with E-state index in [1.807, 2.05) is 0 Å². The molecule has 0 spiro atoms. The van der Waals surface area contributed by atoms with Crippen molar-refractivity contribution in [2.75, 3.05) is 11.9 Å². The molecule has 0 bridgehead atoms. The highest BCUT2D eigenvalue weighted by Crippen LogP contribution is 2.35. The molecule has 0 amide bonds. The van der Waals surface area contributed by atoms with Crippen molar-refractivity contribution in [2.45, 2.75) is 17.2 Å². The number of carboxylic acid groups (broad SMARTS) is 1. The van der Waals surface area contributed by atoms with Crippen LogP contribution in [0.15, 0.2) is 18.2 Å². The highest BCUT2D eigenvalue weighted by Gasteiger charge is 2.31. The maximum absolute atomic E-state index is 12.5. The number of thioether (sulfide) groups is 1. The van der Waals surface area contributed by atoms with Crippen molar-refractivity contribution < 1.29 is 23.1 Å². The van der Waals surface area contributed by atoms with Crippen LogP contribution in [0, 0.1) is 0 Å². The van der Waals surface area contributed by atoms with Gasteiger partial charge in [0.1, 0.15) is 5.25 Å². The molecule has 7 heteroatoms. The first-order chi connectivity index (χ1) is 8.38. The van der Waals surface area contributed by atoms with E-state index in [2.05, 4.69) is 5.32 Å². The van der Waals surface area contributed by atoms with Crippen LogP contribution in [0.1, 0.15) is 11.1 Å². The summed E-state index contributed by atoms with van der Waals surface area (Å²) in [4.78, 5) is 10.8. The van der Waals surface area contributed by atoms with Gasteiger partial charge in [-0.3, -0.25) is 4.79 Å². The Morgan fingerprint density at radius 1 is 1.44 bits per heavy atom. The van der Waals surface area contributed by atoms with Gasteiger partial charge in [-0.2, -0.15) is 13.2 Å². The van der Waals surface area contributed by atoms with Gasteiger partial charge in [-0.05, 0) is 23.8 Å². The minimum atomic E-state index is -4.38. The van der Waals surface area contributed by atoms with E-state index in [9.17, 15) is 18.0 Å². The summed E-state index contributed by atoms with van der Waals surface area (Å²) in [6, 6.07) is 3.42. The highest BCUT2D eigenvalue weighted by molar-refractivity contribution is 7.99. The van der Waals surface area contributed by atoms with Gasteiger partial charge >= 0.3 is 12.1 Å². The summed E-state index contributed by atoms with van der Waals surface area (Å²) in [5, 5.41) is 11.1. The zero-order valence-electron chi connectivity index (χ0n) is 9.12. The van der Waals surface area contributed by atoms with Crippen molar-refractivity contribution in [3.8, 4) is 0 Å². The molecular formula is C11H10F3NO2S. The lowest BCUT2D eigenvalue weighted by Crippen LogP contribution is -2.24. The minimum absolute atomic E-state index is 0.207. The van der Waals surface area contributed by atoms with Gasteiger partial charge in [-0.25, -0.2) is 0 Å². The number of carboxylic acids is 1. The average molecular weight is 277 g/mol. The van der Waals surface area contributed by atoms with Crippen molar-refractivity contribution in [1.82, 2.24) is 0 Å². The molecule has 1 aliphatic rings. The predicted molar refractivity (Wildman–Crippen MR) is 62.7 cm³/mol. The lowest BCUT2D eigenvalue weighted by atomic mass is 10.1. The molecule has 0 aliphatic carbocycles. The molecule has 18 heavy (non-hydrogen) atoms. The molecule has 1 aromatic rings. The topological polar surface area (TPSA) is 49.3 Å². The van der Waals surface area contributed by atoms with Crippen LogP contribution in [0.3, 0.4) is 0 Å². The zero-order chi connectivity index (χ0) is 13.3. The van der Waals surface area contributed by atoms with Crippen molar-refractivity contribution in [1.29, 1.82) is 0 Å². The fraction of sp³-hybridized carbons (Fsp3) is 0.364. The molecule has 0 aromatic heterocycles. The maximum atomic E-state index is 12.5. The van der Waals surface area contributed by atoms with Crippen LogP contribution in [-0.4, -0.2) is 22.9 Å². The number of benzene rings is 1. The molecule has 0 saturated heterocycles. The van der Waals surface area contributed by atoms with Gasteiger partial charge < -0.3 is 10.4 Å². The fourth-order valence-corrected chi connectivity index (χ4v) is 2.64. The lowest BCUT2D eigenvalue weighted by molar-refractivity contribution is -0.138. The molecule has 2 rings (SSSR count). The van der Waals surface area contributed by atoms with Crippen LogP contribution >= 0.6 is 11.8 Å². The molecule has 1 heterocycles. The Morgan fingerprint density at radius 3 is 2.78 bits per heavy atom. The number of halogens is 3. The van der Waals surface area contributed by atoms with Crippen molar-refractivity contribution in [3.63, 3.8) is 0 Å². The molecule has 1 aliphatic heterocycles. The number of hydrogen-bond acceptors (Lipinski definition) is 3. The summed E-state index contributed by atoms with van der Waals surface area (Å²) >= 11 is 1.12. The molecule has 3 nitrogen and oxygen atoms in total. The third-order valence-electron chi connectivity index (χ3n) is 2.63. The summed E-state index contributed by atoms with van der Waals surface area (Å²) in [7, 11) is 0. The zero-order valence-corrected chi connectivity index (χ0v) is 9.94. The predicted octanol–water partition coefficient (Wildman–Crippen LogP) is 2.82. The molecule has 1 unspecified atom stereocenters. The first-order valence-corrected chi connectivity index (χ1v) is 6.21. The van der Waals surface area contributed by atoms with Crippen LogP contribution in [-0.2, 0) is 16.7 Å². The van der Waals surface area contributed by atoms with E-state index in [0.717, 1.165) is 23.9 Å². The van der Waals surface area contributed by atoms with Gasteiger partial charge in [0, 0.05) is 18.0 Å². The van der Waals surface area contributed by atoms with E-state index in [0.29, 0.717) is 11.3 Å². The number of hydrogen-bond donors (Lipinski definition) is 2. The third-order valence-corrected chi connectivity index (χ3v) is 3.87. The number of fused-ring (bicyclic) bond motifs is 1. The first-order valence-electron chi connectivity index (χ1n) is 5.16. The lowest BCUT2D eigenvalue weighted by Gasteiger charge is -2.11. The minimum Gasteiger partial charge on any atom is -0.480 e. The third kappa shape index (κ3) is 2.72. The molecule has 0 fully saturated rings. The number of aliphatic carboxylic acids is 1. The van der Waals surface area contributed by atoms with Gasteiger partial charge in [0.2, 0.25) is 0 Å². The Morgan fingerprint density at radius 2 is 2.17 bits per heavy atom.